The Balaban J connectivity index is 1.68. The molecule has 0 spiro atoms. The standard InChI is InChI=1S/C21H21F3N4O5S3/c1-28(2)20(31)25-9-15-19(35-18(10-29)26-15)16-11-34-17(27-16)8-13(30)7-12-3-5-14(6-4-12)36(32,33)21(22,23)24/h3-6,11,29H,7-10H2,1-2H3,(H,25,31). The van der Waals surface area contributed by atoms with Crippen molar-refractivity contribution in [2.45, 2.75) is 36.4 Å². The Kier molecular flexibility index (Phi) is 8.48. The molecule has 2 aromatic heterocycles. The van der Waals surface area contributed by atoms with Crippen LogP contribution in [0.2, 0.25) is 0 Å². The maximum absolute atomic E-state index is 12.7. The van der Waals surface area contributed by atoms with Crippen LogP contribution in [0.25, 0.3) is 10.6 Å². The van der Waals surface area contributed by atoms with Gasteiger partial charge in [0.1, 0.15) is 15.8 Å². The summed E-state index contributed by atoms with van der Waals surface area (Å²) in [6, 6.07) is 3.68. The van der Waals surface area contributed by atoms with Crippen LogP contribution in [-0.2, 0) is 40.6 Å². The number of aliphatic hydroxyl groups is 1. The number of thiazole rings is 2. The highest BCUT2D eigenvalue weighted by Gasteiger charge is 2.46. The number of carbonyl (C=O) groups excluding carboxylic acids is 2. The zero-order chi connectivity index (χ0) is 26.7. The van der Waals surface area contributed by atoms with Gasteiger partial charge in [-0.3, -0.25) is 4.79 Å². The number of aliphatic hydroxyl groups excluding tert-OH is 1. The fourth-order valence-electron chi connectivity index (χ4n) is 2.98. The Labute approximate surface area is 212 Å². The van der Waals surface area contributed by atoms with Crippen LogP contribution in [0, 0.1) is 0 Å². The molecule has 0 radical (unpaired) electrons. The van der Waals surface area contributed by atoms with Crippen molar-refractivity contribution in [2.24, 2.45) is 0 Å². The summed E-state index contributed by atoms with van der Waals surface area (Å²) >= 11 is 2.45. The summed E-state index contributed by atoms with van der Waals surface area (Å²) in [5.41, 5.74) is -3.97. The predicted octanol–water partition coefficient (Wildman–Crippen LogP) is 3.18. The number of ketones is 1. The molecule has 2 heterocycles. The Bertz CT molecular complexity index is 1350. The number of halogens is 3. The predicted molar refractivity (Wildman–Crippen MR) is 127 cm³/mol. The molecule has 36 heavy (non-hydrogen) atoms. The summed E-state index contributed by atoms with van der Waals surface area (Å²) in [4.78, 5) is 34.3. The number of alkyl halides is 3. The molecule has 3 rings (SSSR count). The van der Waals surface area contributed by atoms with Gasteiger partial charge in [-0.2, -0.15) is 13.2 Å². The fourth-order valence-corrected chi connectivity index (χ4v) is 5.53. The lowest BCUT2D eigenvalue weighted by atomic mass is 10.1. The molecule has 1 aromatic carbocycles. The second-order valence-electron chi connectivity index (χ2n) is 7.71. The van der Waals surface area contributed by atoms with Crippen LogP contribution < -0.4 is 5.32 Å². The van der Waals surface area contributed by atoms with Crippen LogP contribution in [0.4, 0.5) is 18.0 Å². The van der Waals surface area contributed by atoms with E-state index in [9.17, 15) is 36.3 Å². The van der Waals surface area contributed by atoms with Gasteiger partial charge in [-0.15, -0.1) is 22.7 Å². The average molecular weight is 563 g/mol. The molecule has 0 atom stereocenters. The van der Waals surface area contributed by atoms with Gasteiger partial charge in [0.25, 0.3) is 9.84 Å². The normalized spacial score (nSPS) is 11.9. The first-order valence-corrected chi connectivity index (χ1v) is 13.4. The molecule has 0 unspecified atom stereocenters. The number of carbonyl (C=O) groups is 2. The summed E-state index contributed by atoms with van der Waals surface area (Å²) in [5.74, 6) is -0.263. The number of hydrogen-bond acceptors (Lipinski definition) is 9. The summed E-state index contributed by atoms with van der Waals surface area (Å²) in [7, 11) is -2.26. The Hall–Kier alpha value is -2.88. The van der Waals surface area contributed by atoms with Crippen molar-refractivity contribution in [1.29, 1.82) is 0 Å². The highest BCUT2D eigenvalue weighted by atomic mass is 32.2. The number of amides is 2. The highest BCUT2D eigenvalue weighted by Crippen LogP contribution is 2.32. The number of nitrogens with one attached hydrogen (secondary N) is 1. The fraction of sp³-hybridized carbons (Fsp3) is 0.333. The van der Waals surface area contributed by atoms with E-state index in [0.29, 0.717) is 31.8 Å². The quantitative estimate of drug-likeness (QED) is 0.410. The largest absolute Gasteiger partial charge is 0.501 e. The van der Waals surface area contributed by atoms with Crippen molar-refractivity contribution in [1.82, 2.24) is 20.2 Å². The molecule has 0 saturated heterocycles. The molecule has 2 N–H and O–H groups in total. The van der Waals surface area contributed by atoms with E-state index >= 15 is 0 Å². The number of urea groups is 1. The number of benzene rings is 1. The van der Waals surface area contributed by atoms with E-state index in [2.05, 4.69) is 15.3 Å². The van der Waals surface area contributed by atoms with Crippen LogP contribution in [0.15, 0.2) is 34.5 Å². The van der Waals surface area contributed by atoms with E-state index in [1.165, 1.54) is 39.7 Å². The smallest absolute Gasteiger partial charge is 0.389 e. The SMILES string of the molecule is CN(C)C(=O)NCc1nc(CO)sc1-c1csc(CC(=O)Cc2ccc(S(=O)(=O)C(F)(F)F)cc2)n1. The Morgan fingerprint density at radius 2 is 1.75 bits per heavy atom. The van der Waals surface area contributed by atoms with Gasteiger partial charge < -0.3 is 15.3 Å². The maximum Gasteiger partial charge on any atom is 0.501 e. The molecule has 0 aliphatic carbocycles. The summed E-state index contributed by atoms with van der Waals surface area (Å²) in [6.45, 7) is -0.160. The van der Waals surface area contributed by atoms with Gasteiger partial charge in [-0.1, -0.05) is 12.1 Å². The number of sulfone groups is 1. The number of aromatic nitrogens is 2. The zero-order valence-electron chi connectivity index (χ0n) is 19.0. The minimum Gasteiger partial charge on any atom is -0.389 e. The maximum atomic E-state index is 12.7. The van der Waals surface area contributed by atoms with Crippen LogP contribution >= 0.6 is 22.7 Å². The monoisotopic (exact) mass is 562 g/mol. The molecule has 9 nitrogen and oxygen atoms in total. The molecular weight excluding hydrogens is 541 g/mol. The van der Waals surface area contributed by atoms with E-state index in [-0.39, 0.29) is 37.8 Å². The first kappa shape index (κ1) is 27.7. The first-order valence-electron chi connectivity index (χ1n) is 10.2. The molecule has 0 bridgehead atoms. The third-order valence-electron chi connectivity index (χ3n) is 4.76. The van der Waals surface area contributed by atoms with Crippen molar-refractivity contribution < 1.29 is 36.3 Å². The van der Waals surface area contributed by atoms with E-state index in [4.69, 9.17) is 0 Å². The molecule has 0 aliphatic rings. The second kappa shape index (κ2) is 11.0. The number of rotatable bonds is 9. The Morgan fingerprint density at radius 1 is 1.08 bits per heavy atom. The van der Waals surface area contributed by atoms with E-state index in [1.807, 2.05) is 0 Å². The molecule has 3 aromatic rings. The molecule has 194 valence electrons. The molecule has 0 fully saturated rings. The molecular formula is C21H21F3N4O5S3. The van der Waals surface area contributed by atoms with Gasteiger partial charge in [0.15, 0.2) is 0 Å². The third-order valence-corrected chi connectivity index (χ3v) is 8.22. The second-order valence-corrected chi connectivity index (χ2v) is 11.7. The lowest BCUT2D eigenvalue weighted by molar-refractivity contribution is -0.117. The van der Waals surface area contributed by atoms with Crippen LogP contribution in [-0.4, -0.2) is 59.8 Å². The van der Waals surface area contributed by atoms with E-state index < -0.39 is 20.2 Å². The number of hydrogen-bond donors (Lipinski definition) is 2. The van der Waals surface area contributed by atoms with Gasteiger partial charge >= 0.3 is 11.5 Å². The van der Waals surface area contributed by atoms with Gasteiger partial charge in [0.05, 0.1) is 40.7 Å². The molecule has 2 amide bonds. The summed E-state index contributed by atoms with van der Waals surface area (Å²) in [5, 5.41) is 14.8. The van der Waals surface area contributed by atoms with Crippen LogP contribution in [0.3, 0.4) is 0 Å². The first-order chi connectivity index (χ1) is 16.8. The van der Waals surface area contributed by atoms with Crippen molar-refractivity contribution in [3.63, 3.8) is 0 Å². The van der Waals surface area contributed by atoms with E-state index in [1.54, 1.807) is 19.5 Å². The number of Topliss-reactive ketones (excluding diaryl/α,β-unsaturated/α-hetero) is 1. The van der Waals surface area contributed by atoms with Gasteiger partial charge in [-0.25, -0.2) is 23.2 Å². The minimum absolute atomic E-state index is 0.0361. The number of nitrogens with zero attached hydrogens (tertiary/aromatic N) is 3. The van der Waals surface area contributed by atoms with Crippen LogP contribution in [0.5, 0.6) is 0 Å². The van der Waals surface area contributed by atoms with Gasteiger partial charge in [0.2, 0.25) is 0 Å². The van der Waals surface area contributed by atoms with Crippen molar-refractivity contribution in [3.8, 4) is 10.6 Å². The van der Waals surface area contributed by atoms with Gasteiger partial charge in [0, 0.05) is 25.9 Å². The van der Waals surface area contributed by atoms with Crippen molar-refractivity contribution >= 4 is 44.3 Å². The van der Waals surface area contributed by atoms with Crippen molar-refractivity contribution in [3.05, 3.63) is 50.9 Å². The topological polar surface area (TPSA) is 130 Å². The van der Waals surface area contributed by atoms with Crippen LogP contribution in [0.1, 0.15) is 21.3 Å². The molecule has 15 heteroatoms. The van der Waals surface area contributed by atoms with Crippen molar-refractivity contribution in [2.75, 3.05) is 14.1 Å². The molecule has 0 saturated carbocycles. The Morgan fingerprint density at radius 3 is 2.33 bits per heavy atom. The average Bonchev–Trinajstić information content (AvgIpc) is 3.43. The highest BCUT2D eigenvalue weighted by molar-refractivity contribution is 7.92. The molecule has 0 aliphatic heterocycles. The summed E-state index contributed by atoms with van der Waals surface area (Å²) in [6.07, 6.45) is -0.149. The lowest BCUT2D eigenvalue weighted by Crippen LogP contribution is -2.34. The minimum atomic E-state index is -5.45. The third kappa shape index (κ3) is 6.46. The zero-order valence-corrected chi connectivity index (χ0v) is 21.4. The lowest BCUT2D eigenvalue weighted by Gasteiger charge is -2.11. The van der Waals surface area contributed by atoms with Gasteiger partial charge in [-0.05, 0) is 17.7 Å². The summed E-state index contributed by atoms with van der Waals surface area (Å²) < 4.78 is 60.9. The van der Waals surface area contributed by atoms with E-state index in [0.717, 1.165) is 12.1 Å².